The van der Waals surface area contributed by atoms with E-state index in [2.05, 4.69) is 29.4 Å². The Bertz CT molecular complexity index is 228. The fourth-order valence-electron chi connectivity index (χ4n) is 2.24. The van der Waals surface area contributed by atoms with E-state index in [0.29, 0.717) is 18.5 Å². The van der Waals surface area contributed by atoms with Crippen LogP contribution in [-0.2, 0) is 4.79 Å². The van der Waals surface area contributed by atoms with E-state index in [0.717, 1.165) is 19.6 Å². The second-order valence-corrected chi connectivity index (χ2v) is 5.12. The summed E-state index contributed by atoms with van der Waals surface area (Å²) in [5.74, 6) is 0.161. The van der Waals surface area contributed by atoms with Crippen LogP contribution < -0.4 is 10.6 Å². The topological polar surface area (TPSA) is 44.4 Å². The SMILES string of the molecule is CC(C)NC(=O)CC1CNCCN1C(C)C. The second kappa shape index (κ2) is 6.21. The molecule has 1 aliphatic heterocycles. The van der Waals surface area contributed by atoms with Crippen LogP contribution in [0.2, 0.25) is 0 Å². The Balaban J connectivity index is 2.46. The first-order valence-electron chi connectivity index (χ1n) is 6.26. The van der Waals surface area contributed by atoms with Gasteiger partial charge in [-0.2, -0.15) is 0 Å². The van der Waals surface area contributed by atoms with Crippen LogP contribution in [0.25, 0.3) is 0 Å². The molecule has 94 valence electrons. The third-order valence-corrected chi connectivity index (χ3v) is 2.93. The van der Waals surface area contributed by atoms with Gasteiger partial charge in [-0.05, 0) is 27.7 Å². The number of nitrogens with zero attached hydrogens (tertiary/aromatic N) is 1. The summed E-state index contributed by atoms with van der Waals surface area (Å²) < 4.78 is 0. The third-order valence-electron chi connectivity index (χ3n) is 2.93. The molecule has 0 radical (unpaired) electrons. The van der Waals surface area contributed by atoms with Gasteiger partial charge in [0.2, 0.25) is 5.91 Å². The normalized spacial score (nSPS) is 22.8. The molecule has 0 bridgehead atoms. The lowest BCUT2D eigenvalue weighted by molar-refractivity contribution is -0.123. The van der Waals surface area contributed by atoms with E-state index in [9.17, 15) is 4.79 Å². The summed E-state index contributed by atoms with van der Waals surface area (Å²) in [6, 6.07) is 1.09. The smallest absolute Gasteiger partial charge is 0.221 e. The number of carbonyl (C=O) groups excluding carboxylic acids is 1. The molecule has 1 amide bonds. The summed E-state index contributed by atoms with van der Waals surface area (Å²) in [4.78, 5) is 14.1. The molecule has 4 heteroatoms. The average Bonchev–Trinajstić information content (AvgIpc) is 2.16. The van der Waals surface area contributed by atoms with Gasteiger partial charge in [-0.25, -0.2) is 0 Å². The molecule has 1 aliphatic rings. The number of carbonyl (C=O) groups is 1. The van der Waals surface area contributed by atoms with Crippen molar-refractivity contribution in [3.05, 3.63) is 0 Å². The largest absolute Gasteiger partial charge is 0.354 e. The molecule has 0 aromatic rings. The van der Waals surface area contributed by atoms with Crippen LogP contribution in [0.15, 0.2) is 0 Å². The number of nitrogens with one attached hydrogen (secondary N) is 2. The highest BCUT2D eigenvalue weighted by Crippen LogP contribution is 2.11. The minimum Gasteiger partial charge on any atom is -0.354 e. The molecule has 1 heterocycles. The molecular formula is C12H25N3O. The van der Waals surface area contributed by atoms with Crippen LogP contribution in [0.3, 0.4) is 0 Å². The van der Waals surface area contributed by atoms with Gasteiger partial charge in [0.1, 0.15) is 0 Å². The van der Waals surface area contributed by atoms with E-state index >= 15 is 0 Å². The standard InChI is InChI=1S/C12H25N3O/c1-9(2)14-12(16)7-11-8-13-5-6-15(11)10(3)4/h9-11,13H,5-8H2,1-4H3,(H,14,16). The minimum absolute atomic E-state index is 0.161. The molecule has 1 fully saturated rings. The molecule has 1 atom stereocenters. The van der Waals surface area contributed by atoms with E-state index in [1.165, 1.54) is 0 Å². The summed E-state index contributed by atoms with van der Waals surface area (Å²) in [7, 11) is 0. The predicted molar refractivity (Wildman–Crippen MR) is 66.4 cm³/mol. The Morgan fingerprint density at radius 3 is 2.69 bits per heavy atom. The number of hydrogen-bond donors (Lipinski definition) is 2. The van der Waals surface area contributed by atoms with Crippen LogP contribution in [-0.4, -0.2) is 48.6 Å². The molecule has 0 aliphatic carbocycles. The van der Waals surface area contributed by atoms with Crippen LogP contribution >= 0.6 is 0 Å². The Kier molecular flexibility index (Phi) is 5.22. The number of piperazine rings is 1. The molecule has 0 aromatic carbocycles. The van der Waals surface area contributed by atoms with Crippen LogP contribution in [0.4, 0.5) is 0 Å². The Labute approximate surface area is 98.8 Å². The van der Waals surface area contributed by atoms with Crippen LogP contribution in [0.5, 0.6) is 0 Å². The van der Waals surface area contributed by atoms with Gasteiger partial charge in [-0.3, -0.25) is 9.69 Å². The van der Waals surface area contributed by atoms with E-state index < -0.39 is 0 Å². The third kappa shape index (κ3) is 4.10. The zero-order chi connectivity index (χ0) is 12.1. The van der Waals surface area contributed by atoms with Crippen molar-refractivity contribution in [3.63, 3.8) is 0 Å². The van der Waals surface area contributed by atoms with Crippen molar-refractivity contribution in [2.24, 2.45) is 0 Å². The second-order valence-electron chi connectivity index (χ2n) is 5.12. The fraction of sp³-hybridized carbons (Fsp3) is 0.917. The van der Waals surface area contributed by atoms with Crippen molar-refractivity contribution >= 4 is 5.91 Å². The summed E-state index contributed by atoms with van der Waals surface area (Å²) in [6.07, 6.45) is 0.601. The predicted octanol–water partition coefficient (Wildman–Crippen LogP) is 0.583. The number of hydrogen-bond acceptors (Lipinski definition) is 3. The summed E-state index contributed by atoms with van der Waals surface area (Å²) in [5, 5.41) is 6.31. The summed E-state index contributed by atoms with van der Waals surface area (Å²) in [6.45, 7) is 11.4. The minimum atomic E-state index is 0.161. The molecular weight excluding hydrogens is 202 g/mol. The van der Waals surface area contributed by atoms with Gasteiger partial charge in [0.15, 0.2) is 0 Å². The maximum Gasteiger partial charge on any atom is 0.221 e. The van der Waals surface area contributed by atoms with Crippen molar-refractivity contribution in [2.45, 2.75) is 52.2 Å². The van der Waals surface area contributed by atoms with Gasteiger partial charge < -0.3 is 10.6 Å². The molecule has 2 N–H and O–H groups in total. The first-order chi connectivity index (χ1) is 7.50. The summed E-state index contributed by atoms with van der Waals surface area (Å²) >= 11 is 0. The lowest BCUT2D eigenvalue weighted by atomic mass is 10.1. The van der Waals surface area contributed by atoms with Gasteiger partial charge in [0.25, 0.3) is 0 Å². The quantitative estimate of drug-likeness (QED) is 0.738. The average molecular weight is 227 g/mol. The van der Waals surface area contributed by atoms with Crippen molar-refractivity contribution in [1.29, 1.82) is 0 Å². The fourth-order valence-corrected chi connectivity index (χ4v) is 2.24. The van der Waals surface area contributed by atoms with Crippen molar-refractivity contribution in [1.82, 2.24) is 15.5 Å². The zero-order valence-corrected chi connectivity index (χ0v) is 10.9. The van der Waals surface area contributed by atoms with E-state index in [4.69, 9.17) is 0 Å². The highest BCUT2D eigenvalue weighted by molar-refractivity contribution is 5.76. The van der Waals surface area contributed by atoms with Crippen molar-refractivity contribution in [2.75, 3.05) is 19.6 Å². The highest BCUT2D eigenvalue weighted by Gasteiger charge is 2.26. The lowest BCUT2D eigenvalue weighted by Gasteiger charge is -2.38. The van der Waals surface area contributed by atoms with E-state index in [1.54, 1.807) is 0 Å². The highest BCUT2D eigenvalue weighted by atomic mass is 16.1. The van der Waals surface area contributed by atoms with Gasteiger partial charge >= 0.3 is 0 Å². The Morgan fingerprint density at radius 1 is 1.44 bits per heavy atom. The first kappa shape index (κ1) is 13.5. The van der Waals surface area contributed by atoms with E-state index in [1.807, 2.05) is 13.8 Å². The first-order valence-corrected chi connectivity index (χ1v) is 6.26. The van der Waals surface area contributed by atoms with Crippen molar-refractivity contribution < 1.29 is 4.79 Å². The maximum atomic E-state index is 11.7. The molecule has 0 saturated carbocycles. The zero-order valence-electron chi connectivity index (χ0n) is 10.9. The number of rotatable bonds is 4. The Morgan fingerprint density at radius 2 is 2.12 bits per heavy atom. The molecule has 1 unspecified atom stereocenters. The van der Waals surface area contributed by atoms with Gasteiger partial charge in [-0.15, -0.1) is 0 Å². The summed E-state index contributed by atoms with van der Waals surface area (Å²) in [5.41, 5.74) is 0. The molecule has 16 heavy (non-hydrogen) atoms. The van der Waals surface area contributed by atoms with Gasteiger partial charge in [0.05, 0.1) is 0 Å². The van der Waals surface area contributed by atoms with Crippen LogP contribution in [0, 0.1) is 0 Å². The van der Waals surface area contributed by atoms with E-state index in [-0.39, 0.29) is 11.9 Å². The molecule has 0 spiro atoms. The lowest BCUT2D eigenvalue weighted by Crippen LogP contribution is -2.55. The molecule has 1 rings (SSSR count). The van der Waals surface area contributed by atoms with Gasteiger partial charge in [0, 0.05) is 44.2 Å². The monoisotopic (exact) mass is 227 g/mol. The van der Waals surface area contributed by atoms with Gasteiger partial charge in [-0.1, -0.05) is 0 Å². The molecule has 4 nitrogen and oxygen atoms in total. The van der Waals surface area contributed by atoms with Crippen LogP contribution in [0.1, 0.15) is 34.1 Å². The Hall–Kier alpha value is -0.610. The molecule has 0 aromatic heterocycles. The number of amides is 1. The molecule has 1 saturated heterocycles. The maximum absolute atomic E-state index is 11.7. The van der Waals surface area contributed by atoms with Crippen molar-refractivity contribution in [3.8, 4) is 0 Å².